The van der Waals surface area contributed by atoms with Crippen molar-refractivity contribution in [2.75, 3.05) is 5.32 Å². The van der Waals surface area contributed by atoms with E-state index in [0.29, 0.717) is 22.4 Å². The number of amides is 1. The normalized spacial score (nSPS) is 11.8. The van der Waals surface area contributed by atoms with E-state index < -0.39 is 6.10 Å². The van der Waals surface area contributed by atoms with E-state index in [-0.39, 0.29) is 5.91 Å². The largest absolute Gasteiger partial charge is 0.481 e. The van der Waals surface area contributed by atoms with Crippen LogP contribution in [-0.2, 0) is 4.79 Å². The quantitative estimate of drug-likeness (QED) is 0.762. The maximum absolute atomic E-state index is 12.2. The van der Waals surface area contributed by atoms with Gasteiger partial charge in [-0.1, -0.05) is 17.7 Å². The van der Waals surface area contributed by atoms with Crippen molar-refractivity contribution >= 4 is 23.2 Å². The SMILES string of the molecule is C[C@@H](Oc1ccc(-c2nnco2)cc1)C(=O)Nc1cccc(Cl)c1. The molecule has 6 nitrogen and oxygen atoms in total. The highest BCUT2D eigenvalue weighted by Crippen LogP contribution is 2.21. The van der Waals surface area contributed by atoms with Crippen molar-refractivity contribution in [2.45, 2.75) is 13.0 Å². The lowest BCUT2D eigenvalue weighted by Crippen LogP contribution is -2.30. The van der Waals surface area contributed by atoms with Crippen LogP contribution in [0.2, 0.25) is 5.02 Å². The van der Waals surface area contributed by atoms with Crippen LogP contribution in [0.1, 0.15) is 6.92 Å². The topological polar surface area (TPSA) is 77.2 Å². The molecule has 1 N–H and O–H groups in total. The third-order valence-corrected chi connectivity index (χ3v) is 3.47. The van der Waals surface area contributed by atoms with Crippen molar-refractivity contribution in [3.63, 3.8) is 0 Å². The molecular weight excluding hydrogens is 330 g/mol. The van der Waals surface area contributed by atoms with E-state index in [1.807, 2.05) is 0 Å². The van der Waals surface area contributed by atoms with Gasteiger partial charge in [0.25, 0.3) is 5.91 Å². The number of aromatic nitrogens is 2. The van der Waals surface area contributed by atoms with Crippen LogP contribution in [0.5, 0.6) is 5.75 Å². The van der Waals surface area contributed by atoms with Gasteiger partial charge in [0.1, 0.15) is 5.75 Å². The molecule has 7 heteroatoms. The standard InChI is InChI=1S/C17H14ClN3O3/c1-11(16(22)20-14-4-2-3-13(18)9-14)24-15-7-5-12(6-8-15)17-21-19-10-23-17/h2-11H,1H3,(H,20,22)/t11-/m1/s1. The number of nitrogens with zero attached hydrogens (tertiary/aromatic N) is 2. The summed E-state index contributed by atoms with van der Waals surface area (Å²) in [4.78, 5) is 12.2. The first-order valence-corrected chi connectivity index (χ1v) is 7.59. The fourth-order valence-electron chi connectivity index (χ4n) is 2.04. The summed E-state index contributed by atoms with van der Waals surface area (Å²) in [7, 11) is 0. The predicted molar refractivity (Wildman–Crippen MR) is 89.9 cm³/mol. The van der Waals surface area contributed by atoms with Gasteiger partial charge in [-0.15, -0.1) is 10.2 Å². The smallest absolute Gasteiger partial charge is 0.265 e. The zero-order valence-corrected chi connectivity index (χ0v) is 13.5. The Kier molecular flexibility index (Phi) is 4.77. The minimum Gasteiger partial charge on any atom is -0.481 e. The highest BCUT2D eigenvalue weighted by molar-refractivity contribution is 6.30. The summed E-state index contributed by atoms with van der Waals surface area (Å²) in [6.45, 7) is 1.67. The first-order valence-electron chi connectivity index (χ1n) is 7.21. The van der Waals surface area contributed by atoms with Gasteiger partial charge in [-0.2, -0.15) is 0 Å². The molecule has 0 saturated carbocycles. The molecule has 0 aliphatic heterocycles. The van der Waals surface area contributed by atoms with Crippen LogP contribution in [0, 0.1) is 0 Å². The number of carbonyl (C=O) groups excluding carboxylic acids is 1. The summed E-state index contributed by atoms with van der Waals surface area (Å²) < 4.78 is 10.8. The molecule has 0 aliphatic rings. The van der Waals surface area contributed by atoms with E-state index in [1.54, 1.807) is 55.5 Å². The Morgan fingerprint density at radius 2 is 2.04 bits per heavy atom. The van der Waals surface area contributed by atoms with Gasteiger partial charge in [0.15, 0.2) is 6.10 Å². The second-order valence-electron chi connectivity index (χ2n) is 5.03. The van der Waals surface area contributed by atoms with Crippen molar-refractivity contribution in [3.8, 4) is 17.2 Å². The number of benzene rings is 2. The Bertz CT molecular complexity index is 819. The van der Waals surface area contributed by atoms with Gasteiger partial charge < -0.3 is 14.5 Å². The van der Waals surface area contributed by atoms with Crippen molar-refractivity contribution in [1.82, 2.24) is 10.2 Å². The molecule has 0 saturated heterocycles. The summed E-state index contributed by atoms with van der Waals surface area (Å²) in [5.74, 6) is 0.721. The number of carbonyl (C=O) groups is 1. The maximum Gasteiger partial charge on any atom is 0.265 e. The van der Waals surface area contributed by atoms with E-state index in [9.17, 15) is 4.79 Å². The average Bonchev–Trinajstić information content (AvgIpc) is 3.10. The number of hydrogen-bond donors (Lipinski definition) is 1. The highest BCUT2D eigenvalue weighted by Gasteiger charge is 2.15. The molecule has 1 amide bonds. The number of ether oxygens (including phenoxy) is 1. The molecule has 3 rings (SSSR count). The van der Waals surface area contributed by atoms with E-state index in [1.165, 1.54) is 6.39 Å². The van der Waals surface area contributed by atoms with Crippen molar-refractivity contribution < 1.29 is 13.9 Å². The van der Waals surface area contributed by atoms with Crippen LogP contribution in [-0.4, -0.2) is 22.2 Å². The lowest BCUT2D eigenvalue weighted by atomic mass is 10.2. The summed E-state index contributed by atoms with van der Waals surface area (Å²) in [6, 6.07) is 14.0. The minimum atomic E-state index is -0.668. The average molecular weight is 344 g/mol. The highest BCUT2D eigenvalue weighted by atomic mass is 35.5. The van der Waals surface area contributed by atoms with Crippen LogP contribution >= 0.6 is 11.6 Å². The van der Waals surface area contributed by atoms with Crippen molar-refractivity contribution in [2.24, 2.45) is 0 Å². The molecule has 1 heterocycles. The monoisotopic (exact) mass is 343 g/mol. The van der Waals surface area contributed by atoms with E-state index in [4.69, 9.17) is 20.8 Å². The first kappa shape index (κ1) is 16.0. The van der Waals surface area contributed by atoms with E-state index in [2.05, 4.69) is 15.5 Å². The molecule has 1 aromatic heterocycles. The minimum absolute atomic E-state index is 0.266. The number of halogens is 1. The van der Waals surface area contributed by atoms with Crippen LogP contribution in [0.3, 0.4) is 0 Å². The molecular formula is C17H14ClN3O3. The Balaban J connectivity index is 1.61. The Labute approximate surface area is 143 Å². The molecule has 0 radical (unpaired) electrons. The predicted octanol–water partition coefficient (Wildman–Crippen LogP) is 3.80. The maximum atomic E-state index is 12.2. The number of anilines is 1. The van der Waals surface area contributed by atoms with Crippen molar-refractivity contribution in [3.05, 3.63) is 59.9 Å². The zero-order valence-electron chi connectivity index (χ0n) is 12.8. The molecule has 0 spiro atoms. The molecule has 2 aromatic carbocycles. The molecule has 122 valence electrons. The molecule has 3 aromatic rings. The second-order valence-corrected chi connectivity index (χ2v) is 5.46. The van der Waals surface area contributed by atoms with Gasteiger partial charge in [0.05, 0.1) is 0 Å². The Hall–Kier alpha value is -2.86. The fourth-order valence-corrected chi connectivity index (χ4v) is 2.23. The summed E-state index contributed by atoms with van der Waals surface area (Å²) in [6.07, 6.45) is 0.598. The molecule has 0 fully saturated rings. The van der Waals surface area contributed by atoms with Crippen LogP contribution < -0.4 is 10.1 Å². The third kappa shape index (κ3) is 3.91. The van der Waals surface area contributed by atoms with Crippen LogP contribution in [0.15, 0.2) is 59.3 Å². The van der Waals surface area contributed by atoms with Gasteiger partial charge >= 0.3 is 0 Å². The number of nitrogens with one attached hydrogen (secondary N) is 1. The Morgan fingerprint density at radius 3 is 2.71 bits per heavy atom. The molecule has 0 unspecified atom stereocenters. The summed E-state index contributed by atoms with van der Waals surface area (Å²) in [5, 5.41) is 10.8. The third-order valence-electron chi connectivity index (χ3n) is 3.24. The summed E-state index contributed by atoms with van der Waals surface area (Å²) in [5.41, 5.74) is 1.39. The lowest BCUT2D eigenvalue weighted by Gasteiger charge is -2.15. The first-order chi connectivity index (χ1) is 11.6. The van der Waals surface area contributed by atoms with E-state index in [0.717, 1.165) is 5.56 Å². The van der Waals surface area contributed by atoms with Gasteiger partial charge in [-0.25, -0.2) is 0 Å². The van der Waals surface area contributed by atoms with Gasteiger partial charge in [0.2, 0.25) is 12.3 Å². The van der Waals surface area contributed by atoms with Crippen LogP contribution in [0.4, 0.5) is 5.69 Å². The summed E-state index contributed by atoms with van der Waals surface area (Å²) >= 11 is 5.89. The molecule has 24 heavy (non-hydrogen) atoms. The molecule has 0 bridgehead atoms. The molecule has 1 atom stereocenters. The van der Waals surface area contributed by atoms with Gasteiger partial charge in [-0.05, 0) is 49.4 Å². The van der Waals surface area contributed by atoms with Gasteiger partial charge in [-0.3, -0.25) is 4.79 Å². The van der Waals surface area contributed by atoms with E-state index >= 15 is 0 Å². The van der Waals surface area contributed by atoms with Crippen molar-refractivity contribution in [1.29, 1.82) is 0 Å². The van der Waals surface area contributed by atoms with Gasteiger partial charge in [0, 0.05) is 16.3 Å². The zero-order chi connectivity index (χ0) is 16.9. The Morgan fingerprint density at radius 1 is 1.25 bits per heavy atom. The van der Waals surface area contributed by atoms with Crippen LogP contribution in [0.25, 0.3) is 11.5 Å². The number of hydrogen-bond acceptors (Lipinski definition) is 5. The second kappa shape index (κ2) is 7.14. The molecule has 0 aliphatic carbocycles. The fraction of sp³-hybridized carbons (Fsp3) is 0.118. The lowest BCUT2D eigenvalue weighted by molar-refractivity contribution is -0.122. The number of rotatable bonds is 5.